The van der Waals surface area contributed by atoms with Crippen molar-refractivity contribution >= 4 is 27.3 Å². The van der Waals surface area contributed by atoms with Crippen LogP contribution in [0.3, 0.4) is 0 Å². The van der Waals surface area contributed by atoms with Gasteiger partial charge in [0.1, 0.15) is 0 Å². The molecule has 5 heteroatoms. The summed E-state index contributed by atoms with van der Waals surface area (Å²) in [5.41, 5.74) is 0. The van der Waals surface area contributed by atoms with Crippen molar-refractivity contribution in [2.45, 2.75) is 26.3 Å². The maximum atomic E-state index is 5.31. The van der Waals surface area contributed by atoms with Gasteiger partial charge in [-0.2, -0.15) is 0 Å². The van der Waals surface area contributed by atoms with Crippen LogP contribution < -0.4 is 5.32 Å². The Morgan fingerprint density at radius 2 is 2.21 bits per heavy atom. The topological polar surface area (TPSA) is 24.5 Å². The Hall–Kier alpha value is 0.0600. The van der Waals surface area contributed by atoms with Gasteiger partial charge in [-0.1, -0.05) is 0 Å². The molecule has 0 aliphatic heterocycles. The first-order chi connectivity index (χ1) is 9.22. The zero-order valence-corrected chi connectivity index (χ0v) is 14.4. The van der Waals surface area contributed by atoms with Gasteiger partial charge in [0.25, 0.3) is 0 Å². The molecule has 0 fully saturated rings. The molecule has 0 radical (unpaired) electrons. The van der Waals surface area contributed by atoms with Crippen LogP contribution >= 0.6 is 27.3 Å². The molecule has 0 spiro atoms. The number of nitrogens with zero attached hydrogens (tertiary/aromatic N) is 1. The van der Waals surface area contributed by atoms with E-state index in [4.69, 9.17) is 4.74 Å². The van der Waals surface area contributed by atoms with Gasteiger partial charge in [-0.3, -0.25) is 0 Å². The number of likely N-dealkylation sites (N-methyl/N-ethyl adjacent to an activating group) is 1. The lowest BCUT2D eigenvalue weighted by Crippen LogP contribution is -2.29. The summed E-state index contributed by atoms with van der Waals surface area (Å²) in [5, 5.41) is 5.62. The van der Waals surface area contributed by atoms with Gasteiger partial charge in [-0.15, -0.1) is 11.3 Å². The number of thiophene rings is 1. The number of nitrogens with one attached hydrogen (secondary N) is 1. The molecule has 0 unspecified atom stereocenters. The Kier molecular flexibility index (Phi) is 9.73. The first-order valence-corrected chi connectivity index (χ1v) is 8.59. The Morgan fingerprint density at radius 3 is 2.89 bits per heavy atom. The molecule has 0 atom stereocenters. The molecular formula is C14H25BrN2OS. The third-order valence-corrected chi connectivity index (χ3v) is 4.50. The summed E-state index contributed by atoms with van der Waals surface area (Å²) in [6, 6.07) is 2.20. The normalized spacial score (nSPS) is 11.4. The molecule has 0 aliphatic rings. The second-order valence-electron chi connectivity index (χ2n) is 4.62. The zero-order chi connectivity index (χ0) is 13.9. The van der Waals surface area contributed by atoms with Crippen molar-refractivity contribution in [1.29, 1.82) is 0 Å². The maximum absolute atomic E-state index is 5.31. The molecule has 0 bridgehead atoms. The molecule has 3 nitrogen and oxygen atoms in total. The Balaban J connectivity index is 1.94. The molecule has 1 aromatic rings. The van der Waals surface area contributed by atoms with E-state index in [1.165, 1.54) is 15.8 Å². The van der Waals surface area contributed by atoms with E-state index in [1.54, 1.807) is 0 Å². The quantitative estimate of drug-likeness (QED) is 0.620. The second-order valence-corrected chi connectivity index (χ2v) is 6.53. The molecule has 0 aromatic carbocycles. The highest BCUT2D eigenvalue weighted by Gasteiger charge is 2.02. The highest BCUT2D eigenvalue weighted by molar-refractivity contribution is 9.10. The van der Waals surface area contributed by atoms with Gasteiger partial charge >= 0.3 is 0 Å². The van der Waals surface area contributed by atoms with Crippen molar-refractivity contribution in [1.82, 2.24) is 10.2 Å². The summed E-state index contributed by atoms with van der Waals surface area (Å²) in [7, 11) is 2.17. The molecule has 1 aromatic heterocycles. The van der Waals surface area contributed by atoms with Crippen LogP contribution in [0.15, 0.2) is 15.9 Å². The molecular weight excluding hydrogens is 324 g/mol. The average molecular weight is 349 g/mol. The molecule has 1 rings (SSSR count). The lowest BCUT2D eigenvalue weighted by Gasteiger charge is -2.15. The van der Waals surface area contributed by atoms with E-state index in [9.17, 15) is 0 Å². The minimum absolute atomic E-state index is 0.830. The number of halogens is 1. The van der Waals surface area contributed by atoms with E-state index in [1.807, 2.05) is 18.3 Å². The van der Waals surface area contributed by atoms with E-state index in [0.717, 1.165) is 45.8 Å². The van der Waals surface area contributed by atoms with Gasteiger partial charge < -0.3 is 15.0 Å². The van der Waals surface area contributed by atoms with Crippen LogP contribution in [0.1, 0.15) is 24.6 Å². The van der Waals surface area contributed by atoms with Crippen LogP contribution in [0.5, 0.6) is 0 Å². The SMILES string of the molecule is CCOCCCCNCCN(C)Cc1cc(Br)cs1. The van der Waals surface area contributed by atoms with Gasteiger partial charge in [0.2, 0.25) is 0 Å². The van der Waals surface area contributed by atoms with Gasteiger partial charge in [-0.05, 0) is 55.4 Å². The van der Waals surface area contributed by atoms with Crippen LogP contribution in [-0.2, 0) is 11.3 Å². The van der Waals surface area contributed by atoms with Crippen LogP contribution in [0.4, 0.5) is 0 Å². The number of hydrogen-bond acceptors (Lipinski definition) is 4. The van der Waals surface area contributed by atoms with Crippen LogP contribution in [0.2, 0.25) is 0 Å². The average Bonchev–Trinajstić information content (AvgIpc) is 2.78. The fourth-order valence-electron chi connectivity index (χ4n) is 1.78. The smallest absolute Gasteiger partial charge is 0.0466 e. The molecule has 0 aliphatic carbocycles. The summed E-state index contributed by atoms with van der Waals surface area (Å²) in [5.74, 6) is 0. The minimum Gasteiger partial charge on any atom is -0.382 e. The molecule has 19 heavy (non-hydrogen) atoms. The largest absolute Gasteiger partial charge is 0.382 e. The third kappa shape index (κ3) is 8.76. The van der Waals surface area contributed by atoms with Gasteiger partial charge in [0.15, 0.2) is 0 Å². The van der Waals surface area contributed by atoms with Crippen molar-refractivity contribution in [2.75, 3.05) is 39.9 Å². The summed E-state index contributed by atoms with van der Waals surface area (Å²) >= 11 is 5.30. The predicted molar refractivity (Wildman–Crippen MR) is 86.9 cm³/mol. The molecule has 0 saturated heterocycles. The highest BCUT2D eigenvalue weighted by atomic mass is 79.9. The first-order valence-electron chi connectivity index (χ1n) is 6.92. The monoisotopic (exact) mass is 348 g/mol. The van der Waals surface area contributed by atoms with E-state index in [-0.39, 0.29) is 0 Å². The number of rotatable bonds is 11. The highest BCUT2D eigenvalue weighted by Crippen LogP contribution is 2.20. The molecule has 0 saturated carbocycles. The van der Waals surface area contributed by atoms with Crippen molar-refractivity contribution in [3.05, 3.63) is 20.8 Å². The fraction of sp³-hybridized carbons (Fsp3) is 0.714. The van der Waals surface area contributed by atoms with Crippen LogP contribution in [0, 0.1) is 0 Å². The maximum Gasteiger partial charge on any atom is 0.0466 e. The summed E-state index contributed by atoms with van der Waals surface area (Å²) in [6.45, 7) is 8.02. The van der Waals surface area contributed by atoms with Crippen molar-refractivity contribution in [3.63, 3.8) is 0 Å². The standard InChI is InChI=1S/C14H25BrN2OS/c1-3-18-9-5-4-6-16-7-8-17(2)11-14-10-13(15)12-19-14/h10,12,16H,3-9,11H2,1-2H3. The molecule has 110 valence electrons. The summed E-state index contributed by atoms with van der Waals surface area (Å²) in [6.07, 6.45) is 2.35. The number of ether oxygens (including phenoxy) is 1. The lowest BCUT2D eigenvalue weighted by atomic mass is 10.3. The number of hydrogen-bond donors (Lipinski definition) is 1. The first kappa shape index (κ1) is 17.1. The Bertz CT molecular complexity index is 333. The summed E-state index contributed by atoms with van der Waals surface area (Å²) in [4.78, 5) is 3.76. The lowest BCUT2D eigenvalue weighted by molar-refractivity contribution is 0.143. The predicted octanol–water partition coefficient (Wildman–Crippen LogP) is 3.35. The molecule has 0 amide bonds. The van der Waals surface area contributed by atoms with Crippen molar-refractivity contribution in [3.8, 4) is 0 Å². The zero-order valence-electron chi connectivity index (χ0n) is 12.0. The second kappa shape index (κ2) is 10.8. The number of unbranched alkanes of at least 4 members (excludes halogenated alkanes) is 1. The van der Waals surface area contributed by atoms with E-state index >= 15 is 0 Å². The molecule has 1 heterocycles. The van der Waals surface area contributed by atoms with Gasteiger partial charge in [0, 0.05) is 47.6 Å². The van der Waals surface area contributed by atoms with Gasteiger partial charge in [0.05, 0.1) is 0 Å². The van der Waals surface area contributed by atoms with E-state index in [2.05, 4.69) is 44.6 Å². The Labute approximate surface area is 129 Å². The van der Waals surface area contributed by atoms with Crippen LogP contribution in [0.25, 0.3) is 0 Å². The fourth-order valence-corrected chi connectivity index (χ4v) is 3.31. The van der Waals surface area contributed by atoms with Crippen molar-refractivity contribution < 1.29 is 4.74 Å². The van der Waals surface area contributed by atoms with E-state index in [0.29, 0.717) is 0 Å². The summed E-state index contributed by atoms with van der Waals surface area (Å²) < 4.78 is 6.50. The van der Waals surface area contributed by atoms with E-state index < -0.39 is 0 Å². The van der Waals surface area contributed by atoms with Gasteiger partial charge in [-0.25, -0.2) is 0 Å². The minimum atomic E-state index is 0.830. The van der Waals surface area contributed by atoms with Crippen molar-refractivity contribution in [2.24, 2.45) is 0 Å². The Morgan fingerprint density at radius 1 is 1.37 bits per heavy atom. The third-order valence-electron chi connectivity index (χ3n) is 2.81. The molecule has 1 N–H and O–H groups in total. The van der Waals surface area contributed by atoms with Crippen LogP contribution in [-0.4, -0.2) is 44.8 Å².